The van der Waals surface area contributed by atoms with Crippen molar-refractivity contribution in [1.82, 2.24) is 4.90 Å². The molecule has 0 aromatic heterocycles. The summed E-state index contributed by atoms with van der Waals surface area (Å²) in [4.78, 5) is 2.20. The third-order valence-corrected chi connectivity index (χ3v) is 5.74. The number of hydrogen-bond acceptors (Lipinski definition) is 6. The van der Waals surface area contributed by atoms with Crippen molar-refractivity contribution in [2.75, 3.05) is 50.5 Å². The number of aliphatic hydroxyl groups excluding tert-OH is 1. The minimum absolute atomic E-state index is 0.185. The molecule has 1 saturated heterocycles. The van der Waals surface area contributed by atoms with E-state index in [-0.39, 0.29) is 12.7 Å². The average Bonchev–Trinajstić information content (AvgIpc) is 2.59. The quantitative estimate of drug-likeness (QED) is 0.723. The molecule has 1 N–H and O–H groups in total. The maximum atomic E-state index is 11.5. The number of hydrogen-bond donors (Lipinski definition) is 1. The molecule has 8 heteroatoms. The second-order valence-electron chi connectivity index (χ2n) is 7.10. The Kier molecular flexibility index (Phi) is 7.28. The van der Waals surface area contributed by atoms with Crippen LogP contribution in [0.25, 0.3) is 0 Å². The molecule has 1 aromatic carbocycles. The van der Waals surface area contributed by atoms with Gasteiger partial charge in [-0.25, -0.2) is 8.42 Å². The van der Waals surface area contributed by atoms with E-state index < -0.39 is 16.1 Å². The zero-order chi connectivity index (χ0) is 19.3. The van der Waals surface area contributed by atoms with Gasteiger partial charge in [0, 0.05) is 26.7 Å². The highest BCUT2D eigenvalue weighted by atomic mass is 32.2. The van der Waals surface area contributed by atoms with Gasteiger partial charge in [0.25, 0.3) is 0 Å². The summed E-state index contributed by atoms with van der Waals surface area (Å²) in [6.07, 6.45) is 0.763. The van der Waals surface area contributed by atoms with Gasteiger partial charge in [0.1, 0.15) is 18.5 Å². The van der Waals surface area contributed by atoms with Crippen molar-refractivity contribution in [2.45, 2.75) is 26.1 Å². The van der Waals surface area contributed by atoms with Gasteiger partial charge in [-0.2, -0.15) is 0 Å². The van der Waals surface area contributed by atoms with Crippen molar-refractivity contribution in [2.24, 2.45) is 5.92 Å². The van der Waals surface area contributed by atoms with Crippen LogP contribution < -0.4 is 9.04 Å². The van der Waals surface area contributed by atoms with Gasteiger partial charge in [0.05, 0.1) is 24.7 Å². The van der Waals surface area contributed by atoms with E-state index in [0.717, 1.165) is 19.3 Å². The van der Waals surface area contributed by atoms with E-state index in [9.17, 15) is 13.5 Å². The van der Waals surface area contributed by atoms with Crippen LogP contribution in [0.2, 0.25) is 0 Å². The van der Waals surface area contributed by atoms with Gasteiger partial charge in [-0.05, 0) is 30.2 Å². The van der Waals surface area contributed by atoms with Crippen LogP contribution in [0.1, 0.15) is 13.8 Å². The van der Waals surface area contributed by atoms with Gasteiger partial charge in [-0.15, -0.1) is 0 Å². The van der Waals surface area contributed by atoms with E-state index in [1.807, 2.05) is 0 Å². The largest absolute Gasteiger partial charge is 0.491 e. The zero-order valence-electron chi connectivity index (χ0n) is 16.0. The highest BCUT2D eigenvalue weighted by molar-refractivity contribution is 7.92. The number of morpholine rings is 1. The predicted molar refractivity (Wildman–Crippen MR) is 102 cm³/mol. The summed E-state index contributed by atoms with van der Waals surface area (Å²) >= 11 is 0. The van der Waals surface area contributed by atoms with Crippen LogP contribution >= 0.6 is 0 Å². The van der Waals surface area contributed by atoms with E-state index in [1.54, 1.807) is 24.3 Å². The van der Waals surface area contributed by atoms with Crippen molar-refractivity contribution in [3.05, 3.63) is 24.3 Å². The van der Waals surface area contributed by atoms with Crippen LogP contribution in [0.4, 0.5) is 5.69 Å². The molecule has 1 fully saturated rings. The molecule has 0 bridgehead atoms. The Labute approximate surface area is 156 Å². The maximum Gasteiger partial charge on any atom is 0.231 e. The number of sulfonamides is 1. The lowest BCUT2D eigenvalue weighted by molar-refractivity contribution is -0.0627. The topological polar surface area (TPSA) is 79.3 Å². The third kappa shape index (κ3) is 6.12. The molecule has 26 heavy (non-hydrogen) atoms. The zero-order valence-corrected chi connectivity index (χ0v) is 16.8. The lowest BCUT2D eigenvalue weighted by atomic mass is 10.1. The number of benzene rings is 1. The Hall–Kier alpha value is -1.35. The summed E-state index contributed by atoms with van der Waals surface area (Å²) in [5.74, 6) is 1.05. The number of rotatable bonds is 8. The maximum absolute atomic E-state index is 11.5. The monoisotopic (exact) mass is 386 g/mol. The standard InChI is InChI=1S/C18H30N2O5S/c1-14(2)18-12-20(9-10-24-18)11-16(21)13-25-17-7-5-15(6-8-17)19(3)26(4,22)23/h5-8,14,16,18,21H,9-13H2,1-4H3. The lowest BCUT2D eigenvalue weighted by Crippen LogP contribution is -2.48. The van der Waals surface area contributed by atoms with Crippen molar-refractivity contribution in [1.29, 1.82) is 0 Å². The summed E-state index contributed by atoms with van der Waals surface area (Å²) in [5.41, 5.74) is 0.563. The number of anilines is 1. The van der Waals surface area contributed by atoms with Gasteiger partial charge in [0.2, 0.25) is 10.0 Å². The van der Waals surface area contributed by atoms with Crippen molar-refractivity contribution in [3.8, 4) is 5.75 Å². The molecular formula is C18H30N2O5S. The van der Waals surface area contributed by atoms with Crippen LogP contribution in [-0.4, -0.2) is 76.8 Å². The first kappa shape index (κ1) is 21.0. The number of ether oxygens (including phenoxy) is 2. The second kappa shape index (κ2) is 9.03. The SMILES string of the molecule is CC(C)C1CN(CC(O)COc2ccc(N(C)S(C)(=O)=O)cc2)CCO1. The number of aliphatic hydroxyl groups is 1. The molecule has 1 heterocycles. The van der Waals surface area contributed by atoms with Crippen LogP contribution in [0.5, 0.6) is 5.75 Å². The Balaban J connectivity index is 1.81. The summed E-state index contributed by atoms with van der Waals surface area (Å²) in [6.45, 7) is 7.32. The molecule has 2 rings (SSSR count). The van der Waals surface area contributed by atoms with Gasteiger partial charge in [0.15, 0.2) is 0 Å². The van der Waals surface area contributed by atoms with Gasteiger partial charge in [-0.1, -0.05) is 13.8 Å². The first-order valence-electron chi connectivity index (χ1n) is 8.85. The molecule has 0 saturated carbocycles. The van der Waals surface area contributed by atoms with E-state index in [4.69, 9.17) is 9.47 Å². The summed E-state index contributed by atoms with van der Waals surface area (Å²) in [7, 11) is -1.78. The second-order valence-corrected chi connectivity index (χ2v) is 9.12. The molecule has 0 radical (unpaired) electrons. The van der Waals surface area contributed by atoms with Crippen LogP contribution in [0, 0.1) is 5.92 Å². The van der Waals surface area contributed by atoms with Gasteiger partial charge >= 0.3 is 0 Å². The fourth-order valence-electron chi connectivity index (χ4n) is 2.79. The molecule has 0 aliphatic carbocycles. The van der Waals surface area contributed by atoms with Crippen molar-refractivity contribution < 1.29 is 23.0 Å². The minimum atomic E-state index is -3.28. The highest BCUT2D eigenvalue weighted by Crippen LogP contribution is 2.20. The molecular weight excluding hydrogens is 356 g/mol. The molecule has 1 aliphatic rings. The molecule has 0 spiro atoms. The van der Waals surface area contributed by atoms with Crippen LogP contribution in [0.3, 0.4) is 0 Å². The van der Waals surface area contributed by atoms with E-state index >= 15 is 0 Å². The third-order valence-electron chi connectivity index (χ3n) is 4.53. The predicted octanol–water partition coefficient (Wildman–Crippen LogP) is 1.18. The average molecular weight is 387 g/mol. The van der Waals surface area contributed by atoms with Gasteiger partial charge < -0.3 is 14.6 Å². The summed E-state index contributed by atoms with van der Waals surface area (Å²) in [6, 6.07) is 6.76. The Morgan fingerprint density at radius 3 is 2.58 bits per heavy atom. The van der Waals surface area contributed by atoms with E-state index in [2.05, 4.69) is 18.7 Å². The molecule has 1 aliphatic heterocycles. The Bertz CT molecular complexity index is 663. The van der Waals surface area contributed by atoms with Crippen molar-refractivity contribution in [3.63, 3.8) is 0 Å². The number of β-amino-alcohol motifs (C(OH)–C–C–N with tert-alkyl or cyclic N) is 1. The molecule has 148 valence electrons. The van der Waals surface area contributed by atoms with Crippen LogP contribution in [-0.2, 0) is 14.8 Å². The normalized spacial score (nSPS) is 20.2. The Morgan fingerprint density at radius 1 is 1.35 bits per heavy atom. The molecule has 2 atom stereocenters. The van der Waals surface area contributed by atoms with E-state index in [0.29, 0.717) is 30.5 Å². The number of nitrogens with zero attached hydrogens (tertiary/aromatic N) is 2. The highest BCUT2D eigenvalue weighted by Gasteiger charge is 2.24. The molecule has 1 aromatic rings. The summed E-state index contributed by atoms with van der Waals surface area (Å²) in [5, 5.41) is 10.2. The Morgan fingerprint density at radius 2 is 2.00 bits per heavy atom. The smallest absolute Gasteiger partial charge is 0.231 e. The first-order valence-corrected chi connectivity index (χ1v) is 10.7. The molecule has 7 nitrogen and oxygen atoms in total. The summed E-state index contributed by atoms with van der Waals surface area (Å²) < 4.78 is 35.6. The minimum Gasteiger partial charge on any atom is -0.491 e. The van der Waals surface area contributed by atoms with Gasteiger partial charge in [-0.3, -0.25) is 9.21 Å². The lowest BCUT2D eigenvalue weighted by Gasteiger charge is -2.35. The molecule has 2 unspecified atom stereocenters. The van der Waals surface area contributed by atoms with E-state index in [1.165, 1.54) is 11.4 Å². The molecule has 0 amide bonds. The first-order chi connectivity index (χ1) is 12.2. The fourth-order valence-corrected chi connectivity index (χ4v) is 3.29. The van der Waals surface area contributed by atoms with Crippen molar-refractivity contribution >= 4 is 15.7 Å². The fraction of sp³-hybridized carbons (Fsp3) is 0.667. The van der Waals surface area contributed by atoms with Crippen LogP contribution in [0.15, 0.2) is 24.3 Å².